The molecule has 150 valence electrons. The number of hydrogen-bond acceptors (Lipinski definition) is 5. The Hall–Kier alpha value is -2.97. The van der Waals surface area contributed by atoms with Gasteiger partial charge < -0.3 is 9.80 Å². The van der Waals surface area contributed by atoms with Crippen LogP contribution in [-0.2, 0) is 10.0 Å². The lowest BCUT2D eigenvalue weighted by molar-refractivity contribution is -0.880. The zero-order valence-corrected chi connectivity index (χ0v) is 17.1. The van der Waals surface area contributed by atoms with Crippen molar-refractivity contribution in [2.45, 2.75) is 4.90 Å². The molecule has 4 rings (SSSR count). The summed E-state index contributed by atoms with van der Waals surface area (Å²) < 4.78 is 27.7. The van der Waals surface area contributed by atoms with Gasteiger partial charge in [0.15, 0.2) is 5.82 Å². The summed E-state index contributed by atoms with van der Waals surface area (Å²) in [6.07, 6.45) is 0. The molecule has 1 aromatic heterocycles. The van der Waals surface area contributed by atoms with Gasteiger partial charge in [-0.1, -0.05) is 30.3 Å². The summed E-state index contributed by atoms with van der Waals surface area (Å²) in [5, 5.41) is 8.75. The van der Waals surface area contributed by atoms with Crippen molar-refractivity contribution >= 4 is 21.5 Å². The van der Waals surface area contributed by atoms with E-state index in [4.69, 9.17) is 0 Å². The zero-order chi connectivity index (χ0) is 20.3. The van der Waals surface area contributed by atoms with Gasteiger partial charge in [-0.3, -0.25) is 4.72 Å². The van der Waals surface area contributed by atoms with E-state index in [1.807, 2.05) is 18.2 Å². The molecule has 1 aliphatic rings. The molecule has 0 unspecified atom stereocenters. The lowest BCUT2D eigenvalue weighted by atomic mass is 10.1. The number of nitrogens with zero attached hydrogens (tertiary/aromatic N) is 3. The first-order valence-electron chi connectivity index (χ1n) is 9.59. The summed E-state index contributed by atoms with van der Waals surface area (Å²) in [5.74, 6) is 0.877. The Balaban J connectivity index is 1.51. The van der Waals surface area contributed by atoms with Crippen LogP contribution in [0.15, 0.2) is 71.6 Å². The maximum atomic E-state index is 12.5. The SMILES string of the molecule is C[NH+]1CCN(c2ccc(-c3cccc(NS(=O)(=O)c4ccccc4)c3)nn2)CC1. The van der Waals surface area contributed by atoms with Gasteiger partial charge in [0.1, 0.15) is 0 Å². The highest BCUT2D eigenvalue weighted by Crippen LogP contribution is 2.23. The molecular formula is C21H24N5O2S+. The minimum absolute atomic E-state index is 0.226. The van der Waals surface area contributed by atoms with Crippen LogP contribution in [0.4, 0.5) is 11.5 Å². The monoisotopic (exact) mass is 410 g/mol. The molecule has 7 nitrogen and oxygen atoms in total. The fraction of sp³-hybridized carbons (Fsp3) is 0.238. The summed E-state index contributed by atoms with van der Waals surface area (Å²) in [4.78, 5) is 4.00. The Labute approximate surface area is 171 Å². The second-order valence-electron chi connectivity index (χ2n) is 7.22. The van der Waals surface area contributed by atoms with E-state index in [1.54, 1.807) is 48.5 Å². The molecule has 1 saturated heterocycles. The summed E-state index contributed by atoms with van der Waals surface area (Å²) in [6.45, 7) is 4.12. The highest BCUT2D eigenvalue weighted by molar-refractivity contribution is 7.92. The van der Waals surface area contributed by atoms with E-state index in [-0.39, 0.29) is 4.90 Å². The summed E-state index contributed by atoms with van der Waals surface area (Å²) in [7, 11) is -1.43. The van der Waals surface area contributed by atoms with Gasteiger partial charge in [0.2, 0.25) is 0 Å². The molecule has 1 fully saturated rings. The molecule has 8 heteroatoms. The first-order chi connectivity index (χ1) is 14.0. The third-order valence-corrected chi connectivity index (χ3v) is 6.45. The van der Waals surface area contributed by atoms with E-state index < -0.39 is 10.0 Å². The molecule has 0 aliphatic carbocycles. The van der Waals surface area contributed by atoms with Crippen LogP contribution in [0.1, 0.15) is 0 Å². The van der Waals surface area contributed by atoms with Gasteiger partial charge in [0.05, 0.1) is 43.8 Å². The number of benzene rings is 2. The molecule has 0 atom stereocenters. The standard InChI is InChI=1S/C21H23N5O2S/c1-25-12-14-26(15-13-25)21-11-10-20(22-23-21)17-6-5-7-18(16-17)24-29(27,28)19-8-3-2-4-9-19/h2-11,16,24H,12-15H2,1H3/p+1. The van der Waals surface area contributed by atoms with Crippen LogP contribution in [0.3, 0.4) is 0 Å². The second kappa shape index (κ2) is 8.18. The molecular weight excluding hydrogens is 386 g/mol. The molecule has 29 heavy (non-hydrogen) atoms. The van der Waals surface area contributed by atoms with Crippen LogP contribution in [-0.4, -0.2) is 51.8 Å². The summed E-state index contributed by atoms with van der Waals surface area (Å²) in [5.41, 5.74) is 1.99. The minimum Gasteiger partial charge on any atom is -0.344 e. The molecule has 1 aliphatic heterocycles. The lowest BCUT2D eigenvalue weighted by Crippen LogP contribution is -3.12. The minimum atomic E-state index is -3.63. The lowest BCUT2D eigenvalue weighted by Gasteiger charge is -2.30. The first-order valence-corrected chi connectivity index (χ1v) is 11.1. The maximum Gasteiger partial charge on any atom is 0.261 e. The fourth-order valence-electron chi connectivity index (χ4n) is 3.32. The van der Waals surface area contributed by atoms with Crippen molar-refractivity contribution in [3.8, 4) is 11.3 Å². The molecule has 0 spiro atoms. The van der Waals surface area contributed by atoms with Gasteiger partial charge >= 0.3 is 0 Å². The Kier molecular flexibility index (Phi) is 5.46. The van der Waals surface area contributed by atoms with E-state index in [9.17, 15) is 8.42 Å². The smallest absolute Gasteiger partial charge is 0.261 e. The number of aromatic nitrogens is 2. The van der Waals surface area contributed by atoms with E-state index >= 15 is 0 Å². The molecule has 2 N–H and O–H groups in total. The largest absolute Gasteiger partial charge is 0.344 e. The van der Waals surface area contributed by atoms with Crippen molar-refractivity contribution in [1.29, 1.82) is 0 Å². The van der Waals surface area contributed by atoms with Crippen molar-refractivity contribution < 1.29 is 13.3 Å². The highest BCUT2D eigenvalue weighted by Gasteiger charge is 2.18. The van der Waals surface area contributed by atoms with Crippen molar-refractivity contribution in [2.75, 3.05) is 42.8 Å². The van der Waals surface area contributed by atoms with Crippen molar-refractivity contribution in [2.24, 2.45) is 0 Å². The molecule has 0 bridgehead atoms. The summed E-state index contributed by atoms with van der Waals surface area (Å²) in [6, 6.07) is 19.4. The van der Waals surface area contributed by atoms with Crippen LogP contribution < -0.4 is 14.5 Å². The number of quaternary nitrogens is 1. The van der Waals surface area contributed by atoms with Gasteiger partial charge in [-0.05, 0) is 36.4 Å². The predicted octanol–water partition coefficient (Wildman–Crippen LogP) is 1.28. The van der Waals surface area contributed by atoms with Crippen LogP contribution in [0, 0.1) is 0 Å². The van der Waals surface area contributed by atoms with Crippen molar-refractivity contribution in [1.82, 2.24) is 10.2 Å². The van der Waals surface area contributed by atoms with E-state index in [2.05, 4.69) is 26.9 Å². The highest BCUT2D eigenvalue weighted by atomic mass is 32.2. The zero-order valence-electron chi connectivity index (χ0n) is 16.2. The normalized spacial score (nSPS) is 15.3. The first kappa shape index (κ1) is 19.4. The van der Waals surface area contributed by atoms with Crippen LogP contribution >= 0.6 is 0 Å². The second-order valence-corrected chi connectivity index (χ2v) is 8.90. The molecule has 2 aromatic carbocycles. The molecule has 3 aromatic rings. The average Bonchev–Trinajstić information content (AvgIpc) is 2.75. The Bertz CT molecular complexity index is 1060. The van der Waals surface area contributed by atoms with Gasteiger partial charge in [0.25, 0.3) is 10.0 Å². The third-order valence-electron chi connectivity index (χ3n) is 5.06. The van der Waals surface area contributed by atoms with Crippen molar-refractivity contribution in [3.05, 3.63) is 66.7 Å². The van der Waals surface area contributed by atoms with E-state index in [1.165, 1.54) is 4.90 Å². The number of anilines is 2. The number of sulfonamides is 1. The van der Waals surface area contributed by atoms with Crippen LogP contribution in [0.2, 0.25) is 0 Å². The number of hydrogen-bond donors (Lipinski definition) is 2. The van der Waals surface area contributed by atoms with E-state index in [0.717, 1.165) is 37.6 Å². The Morgan fingerprint density at radius 1 is 0.931 bits per heavy atom. The fourth-order valence-corrected chi connectivity index (χ4v) is 4.39. The third kappa shape index (κ3) is 4.55. The topological polar surface area (TPSA) is 79.6 Å². The van der Waals surface area contributed by atoms with Crippen LogP contribution in [0.25, 0.3) is 11.3 Å². The van der Waals surface area contributed by atoms with Gasteiger partial charge in [-0.25, -0.2) is 8.42 Å². The number of likely N-dealkylation sites (N-methyl/N-ethyl adjacent to an activating group) is 1. The van der Waals surface area contributed by atoms with Gasteiger partial charge in [-0.2, -0.15) is 0 Å². The molecule has 0 radical (unpaired) electrons. The molecule has 0 saturated carbocycles. The number of piperazine rings is 1. The van der Waals surface area contributed by atoms with Gasteiger partial charge in [-0.15, -0.1) is 10.2 Å². The molecule has 0 amide bonds. The Morgan fingerprint density at radius 3 is 2.38 bits per heavy atom. The Morgan fingerprint density at radius 2 is 1.69 bits per heavy atom. The van der Waals surface area contributed by atoms with Crippen LogP contribution in [0.5, 0.6) is 0 Å². The molecule has 2 heterocycles. The number of rotatable bonds is 5. The predicted molar refractivity (Wildman–Crippen MR) is 114 cm³/mol. The summed E-state index contributed by atoms with van der Waals surface area (Å²) >= 11 is 0. The van der Waals surface area contributed by atoms with E-state index in [0.29, 0.717) is 11.4 Å². The quantitative estimate of drug-likeness (QED) is 0.662. The average molecular weight is 411 g/mol. The van der Waals surface area contributed by atoms with Gasteiger partial charge in [0, 0.05) is 11.3 Å². The maximum absolute atomic E-state index is 12.5. The van der Waals surface area contributed by atoms with Crippen molar-refractivity contribution in [3.63, 3.8) is 0 Å². The number of nitrogens with one attached hydrogen (secondary N) is 2.